The second kappa shape index (κ2) is 6.48. The van der Waals surface area contributed by atoms with Gasteiger partial charge in [0.25, 0.3) is 0 Å². The molecule has 0 spiro atoms. The largest absolute Gasteiger partial charge is 0.324 e. The summed E-state index contributed by atoms with van der Waals surface area (Å²) in [6.07, 6.45) is -2.90. The van der Waals surface area contributed by atoms with Crippen LogP contribution in [-0.4, -0.2) is 6.43 Å². The maximum absolute atomic E-state index is 12.1. The van der Waals surface area contributed by atoms with Gasteiger partial charge in [-0.05, 0) is 12.1 Å². The average Bonchev–Trinajstić information content (AvgIpc) is 2.01. The smallest absolute Gasteiger partial charge is 0.240 e. The third-order valence-corrected chi connectivity index (χ3v) is 2.46. The molecule has 0 saturated carbocycles. The van der Waals surface area contributed by atoms with Crippen molar-refractivity contribution >= 4 is 35.6 Å². The lowest BCUT2D eigenvalue weighted by Gasteiger charge is -2.14. The quantitative estimate of drug-likeness (QED) is 0.885. The summed E-state index contributed by atoms with van der Waals surface area (Å²) in [5.74, 6) is 0. The highest BCUT2D eigenvalue weighted by atomic mass is 35.5. The fraction of sp³-hybridized carbons (Fsp3) is 0.333. The Morgan fingerprint density at radius 2 is 1.67 bits per heavy atom. The van der Waals surface area contributed by atoms with E-state index in [1.165, 1.54) is 0 Å². The summed E-state index contributed by atoms with van der Waals surface area (Å²) in [6, 6.07) is 3.97. The zero-order valence-electron chi connectivity index (χ0n) is 7.59. The van der Waals surface area contributed by atoms with Crippen LogP contribution in [0.4, 0.5) is 8.78 Å². The summed E-state index contributed by atoms with van der Waals surface area (Å²) < 4.78 is 24.1. The van der Waals surface area contributed by atoms with E-state index in [4.69, 9.17) is 28.9 Å². The molecule has 0 aliphatic heterocycles. The molecule has 0 bridgehead atoms. The molecule has 0 aliphatic rings. The predicted molar refractivity (Wildman–Crippen MR) is 61.3 cm³/mol. The molecule has 1 atom stereocenters. The second-order valence-corrected chi connectivity index (χ2v) is 3.68. The van der Waals surface area contributed by atoms with Crippen molar-refractivity contribution in [3.05, 3.63) is 33.8 Å². The summed E-state index contributed by atoms with van der Waals surface area (Å²) in [5.41, 5.74) is 5.93. The molecule has 2 N–H and O–H groups in total. The summed E-state index contributed by atoms with van der Waals surface area (Å²) in [5, 5.41) is 0.649. The molecule has 0 unspecified atom stereocenters. The van der Waals surface area contributed by atoms with Gasteiger partial charge in [-0.25, -0.2) is 8.78 Å². The van der Waals surface area contributed by atoms with Crippen molar-refractivity contribution in [3.8, 4) is 0 Å². The minimum Gasteiger partial charge on any atom is -0.324 e. The molecule has 0 aliphatic carbocycles. The van der Waals surface area contributed by atoms with Crippen LogP contribution in [0.1, 0.15) is 18.0 Å². The zero-order valence-corrected chi connectivity index (χ0v) is 9.92. The van der Waals surface area contributed by atoms with Crippen molar-refractivity contribution in [1.29, 1.82) is 0 Å². The van der Waals surface area contributed by atoms with E-state index in [1.807, 2.05) is 0 Å². The van der Waals surface area contributed by atoms with Gasteiger partial charge in [0.05, 0.1) is 0 Å². The molecule has 86 valence electrons. The number of benzene rings is 1. The monoisotopic (exact) mass is 275 g/mol. The fourth-order valence-corrected chi connectivity index (χ4v) is 1.85. The Labute approximate surface area is 103 Å². The van der Waals surface area contributed by atoms with Crippen LogP contribution in [0.5, 0.6) is 0 Å². The molecule has 1 aromatic carbocycles. The van der Waals surface area contributed by atoms with Gasteiger partial charge < -0.3 is 5.73 Å². The van der Waals surface area contributed by atoms with Crippen LogP contribution in [0.3, 0.4) is 0 Å². The standard InChI is InChI=1S/C9H9Cl2F2N.ClH/c10-5-2-1-3-6(11)9(5)7(14)4-8(12)13;/h1-3,7-8H,4,14H2;1H/t7-;/m0./s1. The van der Waals surface area contributed by atoms with Gasteiger partial charge in [-0.15, -0.1) is 12.4 Å². The molecule has 0 aromatic heterocycles. The third kappa shape index (κ3) is 4.11. The highest BCUT2D eigenvalue weighted by Gasteiger charge is 2.17. The lowest BCUT2D eigenvalue weighted by molar-refractivity contribution is 0.128. The van der Waals surface area contributed by atoms with Crippen molar-refractivity contribution in [3.63, 3.8) is 0 Å². The molecule has 0 heterocycles. The number of alkyl halides is 2. The van der Waals surface area contributed by atoms with Crippen LogP contribution in [0.15, 0.2) is 18.2 Å². The Morgan fingerprint density at radius 1 is 1.20 bits per heavy atom. The van der Waals surface area contributed by atoms with Crippen LogP contribution in [0.25, 0.3) is 0 Å². The molecular weight excluding hydrogens is 266 g/mol. The van der Waals surface area contributed by atoms with E-state index in [9.17, 15) is 8.78 Å². The summed E-state index contributed by atoms with van der Waals surface area (Å²) in [6.45, 7) is 0. The topological polar surface area (TPSA) is 26.0 Å². The molecule has 0 amide bonds. The van der Waals surface area contributed by atoms with Gasteiger partial charge in [0, 0.05) is 28.1 Å². The van der Waals surface area contributed by atoms with E-state index >= 15 is 0 Å². The van der Waals surface area contributed by atoms with Crippen molar-refractivity contribution in [2.45, 2.75) is 18.9 Å². The lowest BCUT2D eigenvalue weighted by Crippen LogP contribution is -2.14. The van der Waals surface area contributed by atoms with Crippen LogP contribution in [0, 0.1) is 0 Å². The predicted octanol–water partition coefficient (Wildman–Crippen LogP) is 4.07. The Kier molecular flexibility index (Phi) is 6.44. The van der Waals surface area contributed by atoms with E-state index < -0.39 is 18.9 Å². The van der Waals surface area contributed by atoms with Gasteiger partial charge in [0.2, 0.25) is 6.43 Å². The third-order valence-electron chi connectivity index (χ3n) is 1.80. The number of rotatable bonds is 3. The van der Waals surface area contributed by atoms with Gasteiger partial charge in [-0.1, -0.05) is 29.3 Å². The molecule has 0 radical (unpaired) electrons. The first-order valence-electron chi connectivity index (χ1n) is 4.00. The fourth-order valence-electron chi connectivity index (χ4n) is 1.17. The van der Waals surface area contributed by atoms with Crippen molar-refractivity contribution in [1.82, 2.24) is 0 Å². The summed E-state index contributed by atoms with van der Waals surface area (Å²) >= 11 is 11.6. The normalized spacial score (nSPS) is 12.4. The van der Waals surface area contributed by atoms with Crippen molar-refractivity contribution < 1.29 is 8.78 Å². The minimum atomic E-state index is -2.46. The number of hydrogen-bond acceptors (Lipinski definition) is 1. The minimum absolute atomic E-state index is 0. The first kappa shape index (κ1) is 14.9. The first-order valence-corrected chi connectivity index (χ1v) is 4.75. The van der Waals surface area contributed by atoms with Crippen LogP contribution < -0.4 is 5.73 Å². The Bertz CT molecular complexity index is 300. The van der Waals surface area contributed by atoms with Crippen molar-refractivity contribution in [2.75, 3.05) is 0 Å². The molecule has 15 heavy (non-hydrogen) atoms. The summed E-state index contributed by atoms with van der Waals surface area (Å²) in [4.78, 5) is 0. The number of hydrogen-bond donors (Lipinski definition) is 1. The Morgan fingerprint density at radius 3 is 2.07 bits per heavy atom. The molecular formula is C9H10Cl3F2N. The van der Waals surface area contributed by atoms with E-state index in [2.05, 4.69) is 0 Å². The summed E-state index contributed by atoms with van der Waals surface area (Å²) in [7, 11) is 0. The van der Waals surface area contributed by atoms with Gasteiger partial charge in [-0.2, -0.15) is 0 Å². The molecule has 6 heteroatoms. The van der Waals surface area contributed by atoms with Gasteiger partial charge >= 0.3 is 0 Å². The van der Waals surface area contributed by atoms with Crippen molar-refractivity contribution in [2.24, 2.45) is 5.73 Å². The van der Waals surface area contributed by atoms with E-state index in [0.717, 1.165) is 0 Å². The molecule has 1 rings (SSSR count). The second-order valence-electron chi connectivity index (χ2n) is 2.87. The number of nitrogens with two attached hydrogens (primary N) is 1. The Hall–Kier alpha value is -0.0900. The average molecular weight is 277 g/mol. The number of halogens is 5. The zero-order chi connectivity index (χ0) is 10.7. The van der Waals surface area contributed by atoms with Crippen LogP contribution >= 0.6 is 35.6 Å². The highest BCUT2D eigenvalue weighted by molar-refractivity contribution is 6.36. The molecule has 1 aromatic rings. The SMILES string of the molecule is Cl.N[C@@H](CC(F)F)c1c(Cl)cccc1Cl. The van der Waals surface area contributed by atoms with Gasteiger partial charge in [0.1, 0.15) is 0 Å². The van der Waals surface area contributed by atoms with E-state index in [-0.39, 0.29) is 12.4 Å². The highest BCUT2D eigenvalue weighted by Crippen LogP contribution is 2.31. The lowest BCUT2D eigenvalue weighted by atomic mass is 10.1. The maximum Gasteiger partial charge on any atom is 0.240 e. The van der Waals surface area contributed by atoms with Crippen LogP contribution in [-0.2, 0) is 0 Å². The van der Waals surface area contributed by atoms with E-state index in [0.29, 0.717) is 15.6 Å². The Balaban J connectivity index is 0.00000196. The van der Waals surface area contributed by atoms with Crippen LogP contribution in [0.2, 0.25) is 10.0 Å². The molecule has 0 saturated heterocycles. The maximum atomic E-state index is 12.1. The van der Waals surface area contributed by atoms with Gasteiger partial charge in [-0.3, -0.25) is 0 Å². The molecule has 0 fully saturated rings. The van der Waals surface area contributed by atoms with Gasteiger partial charge in [0.15, 0.2) is 0 Å². The van der Waals surface area contributed by atoms with E-state index in [1.54, 1.807) is 18.2 Å². The molecule has 1 nitrogen and oxygen atoms in total. The first-order chi connectivity index (χ1) is 6.52.